The average molecular weight is 473 g/mol. The van der Waals surface area contributed by atoms with E-state index in [-0.39, 0.29) is 18.0 Å². The maximum absolute atomic E-state index is 13.2. The third-order valence-corrected chi connectivity index (χ3v) is 6.07. The van der Waals surface area contributed by atoms with Crippen molar-refractivity contribution in [1.29, 1.82) is 5.26 Å². The molecule has 0 radical (unpaired) electrons. The van der Waals surface area contributed by atoms with E-state index < -0.39 is 29.9 Å². The molecular weight excluding hydrogens is 451 g/mol. The highest BCUT2D eigenvalue weighted by Crippen LogP contribution is 2.33. The summed E-state index contributed by atoms with van der Waals surface area (Å²) in [7, 11) is 0. The van der Waals surface area contributed by atoms with Crippen LogP contribution < -0.4 is 10.2 Å². The lowest BCUT2D eigenvalue weighted by Gasteiger charge is -2.26. The van der Waals surface area contributed by atoms with Crippen LogP contribution in [0.5, 0.6) is 0 Å². The van der Waals surface area contributed by atoms with Gasteiger partial charge in [0, 0.05) is 12.2 Å². The number of carbonyl (C=O) groups excluding carboxylic acids is 3. The zero-order valence-corrected chi connectivity index (χ0v) is 19.4. The lowest BCUT2D eigenvalue weighted by atomic mass is 9.92. The highest BCUT2D eigenvalue weighted by Gasteiger charge is 2.50. The molecule has 1 N–H and O–H groups in total. The molecule has 4 amide bonds. The van der Waals surface area contributed by atoms with Crippen LogP contribution in [-0.2, 0) is 15.1 Å². The van der Waals surface area contributed by atoms with Crippen molar-refractivity contribution in [3.05, 3.63) is 63.1 Å². The number of halogens is 2. The van der Waals surface area contributed by atoms with Gasteiger partial charge in [0.05, 0.1) is 22.5 Å². The predicted octanol–water partition coefficient (Wildman–Crippen LogP) is 4.32. The summed E-state index contributed by atoms with van der Waals surface area (Å²) in [6.07, 6.45) is 0.111. The van der Waals surface area contributed by atoms with Crippen molar-refractivity contribution < 1.29 is 14.4 Å². The molecule has 2 aromatic rings. The number of rotatable bonds is 6. The lowest BCUT2D eigenvalue weighted by molar-refractivity contribution is -0.134. The second-order valence-corrected chi connectivity index (χ2v) is 8.69. The van der Waals surface area contributed by atoms with Crippen LogP contribution in [0, 0.1) is 25.2 Å². The summed E-state index contributed by atoms with van der Waals surface area (Å²) >= 11 is 12.1. The molecular formula is C23H22Cl2N4O3. The van der Waals surface area contributed by atoms with Crippen LogP contribution in [0.15, 0.2) is 36.4 Å². The number of carbonyl (C=O) groups is 3. The minimum absolute atomic E-state index is 0.111. The molecule has 0 aromatic heterocycles. The Hall–Kier alpha value is -3.08. The molecule has 0 aliphatic carbocycles. The zero-order valence-electron chi connectivity index (χ0n) is 17.9. The summed E-state index contributed by atoms with van der Waals surface area (Å²) in [5.41, 5.74) is 1.59. The maximum Gasteiger partial charge on any atom is 0.325 e. The summed E-state index contributed by atoms with van der Waals surface area (Å²) in [5, 5.41) is 12.2. The summed E-state index contributed by atoms with van der Waals surface area (Å²) in [5.74, 6) is -1.04. The van der Waals surface area contributed by atoms with E-state index in [2.05, 4.69) is 5.32 Å². The molecule has 32 heavy (non-hydrogen) atoms. The first kappa shape index (κ1) is 23.6. The van der Waals surface area contributed by atoms with E-state index in [1.54, 1.807) is 19.1 Å². The van der Waals surface area contributed by atoms with Crippen LogP contribution in [0.1, 0.15) is 30.0 Å². The van der Waals surface area contributed by atoms with Gasteiger partial charge in [0.2, 0.25) is 5.91 Å². The number of nitrogens with zero attached hydrogens (tertiary/aromatic N) is 3. The van der Waals surface area contributed by atoms with E-state index >= 15 is 0 Å². The minimum atomic E-state index is -1.39. The van der Waals surface area contributed by atoms with Crippen LogP contribution in [0.2, 0.25) is 10.0 Å². The molecule has 3 rings (SSSR count). The van der Waals surface area contributed by atoms with Crippen molar-refractivity contribution in [3.8, 4) is 6.07 Å². The van der Waals surface area contributed by atoms with E-state index in [0.29, 0.717) is 16.3 Å². The largest absolute Gasteiger partial charge is 0.325 e. The number of amides is 4. The molecule has 0 bridgehead atoms. The van der Waals surface area contributed by atoms with E-state index in [9.17, 15) is 14.4 Å². The number of imide groups is 1. The maximum atomic E-state index is 13.2. The second kappa shape index (κ2) is 9.19. The minimum Gasteiger partial charge on any atom is -0.319 e. The van der Waals surface area contributed by atoms with Gasteiger partial charge in [0.15, 0.2) is 0 Å². The summed E-state index contributed by atoms with van der Waals surface area (Å²) in [6, 6.07) is 11.6. The van der Waals surface area contributed by atoms with Gasteiger partial charge in [0.1, 0.15) is 12.1 Å². The third kappa shape index (κ3) is 4.57. The monoisotopic (exact) mass is 472 g/mol. The zero-order chi connectivity index (χ0) is 23.6. The average Bonchev–Trinajstić information content (AvgIpc) is 2.93. The normalized spacial score (nSPS) is 17.8. The first-order chi connectivity index (χ1) is 15.1. The highest BCUT2D eigenvalue weighted by atomic mass is 35.5. The first-order valence-electron chi connectivity index (χ1n) is 9.92. The van der Waals surface area contributed by atoms with Crippen LogP contribution in [0.4, 0.5) is 10.5 Å². The first-order valence-corrected chi connectivity index (χ1v) is 10.7. The molecule has 2 aromatic carbocycles. The Morgan fingerprint density at radius 3 is 2.38 bits per heavy atom. The summed E-state index contributed by atoms with van der Waals surface area (Å²) in [4.78, 5) is 41.3. The van der Waals surface area contributed by atoms with Gasteiger partial charge in [0.25, 0.3) is 5.91 Å². The van der Waals surface area contributed by atoms with Gasteiger partial charge in [-0.15, -0.1) is 0 Å². The Kier molecular flexibility index (Phi) is 6.77. The van der Waals surface area contributed by atoms with E-state index in [1.807, 2.05) is 38.1 Å². The molecule has 1 aliphatic heterocycles. The number of nitrogens with one attached hydrogen (secondary N) is 1. The SMILES string of the molecule is Cc1cc(C)cc(N(CCC#N)C(=O)CN2C(=O)NC(C)(c3ccc(Cl)c(Cl)c3)C2=O)c1. The van der Waals surface area contributed by atoms with Crippen molar-refractivity contribution in [2.75, 3.05) is 18.0 Å². The number of anilines is 1. The number of urea groups is 1. The molecule has 1 heterocycles. The number of aryl methyl sites for hydroxylation is 2. The Labute approximate surface area is 196 Å². The van der Waals surface area contributed by atoms with Gasteiger partial charge in [-0.05, 0) is 61.7 Å². The van der Waals surface area contributed by atoms with E-state index in [1.165, 1.54) is 11.0 Å². The molecule has 9 heteroatoms. The standard InChI is InChI=1S/C23H22Cl2N4O3/c1-14-9-15(2)11-17(10-14)28(8-4-7-26)20(30)13-29-21(31)23(3,27-22(29)32)16-5-6-18(24)19(25)12-16/h5-6,9-12H,4,8,13H2,1-3H3,(H,27,32). The molecule has 1 unspecified atom stereocenters. The Morgan fingerprint density at radius 1 is 1.12 bits per heavy atom. The molecule has 166 valence electrons. The number of hydrogen-bond acceptors (Lipinski definition) is 4. The van der Waals surface area contributed by atoms with E-state index in [0.717, 1.165) is 16.0 Å². The van der Waals surface area contributed by atoms with E-state index in [4.69, 9.17) is 28.5 Å². The van der Waals surface area contributed by atoms with Crippen molar-refractivity contribution in [1.82, 2.24) is 10.2 Å². The van der Waals surface area contributed by atoms with Crippen LogP contribution in [0.3, 0.4) is 0 Å². The molecule has 7 nitrogen and oxygen atoms in total. The van der Waals surface area contributed by atoms with Gasteiger partial charge < -0.3 is 10.2 Å². The third-order valence-electron chi connectivity index (χ3n) is 5.33. The Balaban J connectivity index is 1.87. The quantitative estimate of drug-likeness (QED) is 0.633. The van der Waals surface area contributed by atoms with Crippen molar-refractivity contribution in [2.45, 2.75) is 32.7 Å². The van der Waals surface area contributed by atoms with Gasteiger partial charge in [-0.25, -0.2) is 4.79 Å². The van der Waals surface area contributed by atoms with Gasteiger partial charge in [-0.3, -0.25) is 14.5 Å². The van der Waals surface area contributed by atoms with Gasteiger partial charge >= 0.3 is 6.03 Å². The molecule has 1 atom stereocenters. The number of nitriles is 1. The van der Waals surface area contributed by atoms with Crippen molar-refractivity contribution >= 4 is 46.7 Å². The van der Waals surface area contributed by atoms with Crippen molar-refractivity contribution in [2.24, 2.45) is 0 Å². The Morgan fingerprint density at radius 2 is 1.78 bits per heavy atom. The fourth-order valence-corrected chi connectivity index (χ4v) is 4.03. The van der Waals surface area contributed by atoms with Gasteiger partial charge in [-0.1, -0.05) is 35.3 Å². The number of hydrogen-bond donors (Lipinski definition) is 1. The lowest BCUT2D eigenvalue weighted by Crippen LogP contribution is -2.45. The summed E-state index contributed by atoms with van der Waals surface area (Å²) < 4.78 is 0. The van der Waals surface area contributed by atoms with Crippen LogP contribution in [-0.4, -0.2) is 35.8 Å². The smallest absolute Gasteiger partial charge is 0.319 e. The number of benzene rings is 2. The highest BCUT2D eigenvalue weighted by molar-refractivity contribution is 6.42. The fourth-order valence-electron chi connectivity index (χ4n) is 3.73. The van der Waals surface area contributed by atoms with Crippen LogP contribution in [0.25, 0.3) is 0 Å². The second-order valence-electron chi connectivity index (χ2n) is 7.87. The molecule has 0 spiro atoms. The molecule has 1 fully saturated rings. The predicted molar refractivity (Wildman–Crippen MR) is 123 cm³/mol. The Bertz CT molecular complexity index is 1120. The van der Waals surface area contributed by atoms with Gasteiger partial charge in [-0.2, -0.15) is 5.26 Å². The molecule has 1 saturated heterocycles. The van der Waals surface area contributed by atoms with Crippen molar-refractivity contribution in [3.63, 3.8) is 0 Å². The van der Waals surface area contributed by atoms with Crippen LogP contribution >= 0.6 is 23.2 Å². The topological polar surface area (TPSA) is 93.5 Å². The summed E-state index contributed by atoms with van der Waals surface area (Å²) in [6.45, 7) is 5.05. The fraction of sp³-hybridized carbons (Fsp3) is 0.304. The molecule has 0 saturated carbocycles. The molecule has 1 aliphatic rings.